The van der Waals surface area contributed by atoms with Crippen LogP contribution >= 0.6 is 11.6 Å². The average Bonchev–Trinajstić information content (AvgIpc) is 2.63. The summed E-state index contributed by atoms with van der Waals surface area (Å²) in [5, 5.41) is 0.617. The van der Waals surface area contributed by atoms with Gasteiger partial charge >= 0.3 is 0 Å². The fraction of sp³-hybridized carbons (Fsp3) is 0. The summed E-state index contributed by atoms with van der Waals surface area (Å²) < 4.78 is 0. The second kappa shape index (κ2) is 5.82. The Kier molecular flexibility index (Phi) is 3.52. The molecule has 4 aromatic rings. The van der Waals surface area contributed by atoms with Crippen LogP contribution in [0.4, 0.5) is 0 Å². The highest BCUT2D eigenvalue weighted by molar-refractivity contribution is 6.34. The molecule has 3 aromatic carbocycles. The molecule has 1 aromatic heterocycles. The molecule has 0 fully saturated rings. The highest BCUT2D eigenvalue weighted by atomic mass is 35.5. The molecular formula is C20H13ClN2. The van der Waals surface area contributed by atoms with Gasteiger partial charge in [0.15, 0.2) is 0 Å². The number of fused-ring (bicyclic) bond motifs is 1. The highest BCUT2D eigenvalue weighted by Gasteiger charge is 2.13. The number of benzene rings is 3. The molecule has 0 spiro atoms. The van der Waals surface area contributed by atoms with Gasteiger partial charge < -0.3 is 0 Å². The Labute approximate surface area is 139 Å². The van der Waals surface area contributed by atoms with Gasteiger partial charge in [-0.25, -0.2) is 9.97 Å². The second-order valence-electron chi connectivity index (χ2n) is 5.26. The second-order valence-corrected chi connectivity index (χ2v) is 5.67. The van der Waals surface area contributed by atoms with E-state index in [1.165, 1.54) is 0 Å². The smallest absolute Gasteiger partial charge is 0.108 e. The molecule has 0 unspecified atom stereocenters. The van der Waals surface area contributed by atoms with Gasteiger partial charge in [0.2, 0.25) is 0 Å². The van der Waals surface area contributed by atoms with Crippen LogP contribution in [0.1, 0.15) is 0 Å². The maximum atomic E-state index is 6.31. The van der Waals surface area contributed by atoms with E-state index in [-0.39, 0.29) is 0 Å². The third-order valence-electron chi connectivity index (χ3n) is 3.74. The van der Waals surface area contributed by atoms with Gasteiger partial charge in [0.05, 0.1) is 21.9 Å². The van der Waals surface area contributed by atoms with Gasteiger partial charge in [-0.1, -0.05) is 78.3 Å². The SMILES string of the molecule is Clc1cccc2nc(-c3ccccc3)c(-c3ccccc3)nc12. The van der Waals surface area contributed by atoms with Crippen molar-refractivity contribution in [2.75, 3.05) is 0 Å². The quantitative estimate of drug-likeness (QED) is 0.480. The van der Waals surface area contributed by atoms with E-state index in [2.05, 4.69) is 0 Å². The summed E-state index contributed by atoms with van der Waals surface area (Å²) in [6, 6.07) is 25.9. The number of hydrogen-bond acceptors (Lipinski definition) is 2. The number of hydrogen-bond donors (Lipinski definition) is 0. The molecule has 0 amide bonds. The zero-order chi connectivity index (χ0) is 15.6. The fourth-order valence-electron chi connectivity index (χ4n) is 2.64. The molecule has 2 nitrogen and oxygen atoms in total. The number of nitrogens with zero attached hydrogens (tertiary/aromatic N) is 2. The Balaban J connectivity index is 2.07. The van der Waals surface area contributed by atoms with Crippen molar-refractivity contribution in [1.82, 2.24) is 9.97 Å². The molecule has 0 bridgehead atoms. The summed E-state index contributed by atoms with van der Waals surface area (Å²) in [5.41, 5.74) is 5.31. The fourth-order valence-corrected chi connectivity index (χ4v) is 2.85. The van der Waals surface area contributed by atoms with Gasteiger partial charge in [-0.3, -0.25) is 0 Å². The van der Waals surface area contributed by atoms with Crippen molar-refractivity contribution in [3.05, 3.63) is 83.9 Å². The van der Waals surface area contributed by atoms with Crippen LogP contribution < -0.4 is 0 Å². The number of halogens is 1. The minimum atomic E-state index is 0.617. The molecule has 110 valence electrons. The normalized spacial score (nSPS) is 10.8. The lowest BCUT2D eigenvalue weighted by molar-refractivity contribution is 1.29. The summed E-state index contributed by atoms with van der Waals surface area (Å²) >= 11 is 6.31. The lowest BCUT2D eigenvalue weighted by Gasteiger charge is -2.11. The van der Waals surface area contributed by atoms with Crippen LogP contribution in [0.25, 0.3) is 33.5 Å². The number of rotatable bonds is 2. The number of para-hydroxylation sites is 1. The Morgan fingerprint density at radius 2 is 1.13 bits per heavy atom. The van der Waals surface area contributed by atoms with Crippen LogP contribution in [-0.2, 0) is 0 Å². The first-order valence-corrected chi connectivity index (χ1v) is 7.78. The maximum Gasteiger partial charge on any atom is 0.108 e. The minimum Gasteiger partial charge on any atom is -0.244 e. The minimum absolute atomic E-state index is 0.617. The van der Waals surface area contributed by atoms with Crippen molar-refractivity contribution in [1.29, 1.82) is 0 Å². The lowest BCUT2D eigenvalue weighted by Crippen LogP contribution is -1.95. The molecule has 0 atom stereocenters. The first kappa shape index (κ1) is 13.9. The van der Waals surface area contributed by atoms with Crippen LogP contribution in [-0.4, -0.2) is 9.97 Å². The predicted octanol–water partition coefficient (Wildman–Crippen LogP) is 5.62. The third-order valence-corrected chi connectivity index (χ3v) is 4.05. The molecule has 0 N–H and O–H groups in total. The summed E-state index contributed by atoms with van der Waals surface area (Å²) in [4.78, 5) is 9.66. The summed E-state index contributed by atoms with van der Waals surface area (Å²) in [7, 11) is 0. The van der Waals surface area contributed by atoms with Gasteiger partial charge in [0.25, 0.3) is 0 Å². The first-order chi connectivity index (χ1) is 11.3. The Morgan fingerprint density at radius 1 is 0.565 bits per heavy atom. The topological polar surface area (TPSA) is 25.8 Å². The van der Waals surface area contributed by atoms with E-state index < -0.39 is 0 Å². The van der Waals surface area contributed by atoms with Crippen molar-refractivity contribution in [3.8, 4) is 22.5 Å². The molecule has 3 heteroatoms. The molecule has 0 saturated heterocycles. The number of aromatic nitrogens is 2. The molecule has 0 saturated carbocycles. The molecule has 0 aliphatic rings. The van der Waals surface area contributed by atoms with E-state index in [1.54, 1.807) is 0 Å². The van der Waals surface area contributed by atoms with Crippen LogP contribution in [0.3, 0.4) is 0 Å². The largest absolute Gasteiger partial charge is 0.244 e. The van der Waals surface area contributed by atoms with Crippen LogP contribution in [0, 0.1) is 0 Å². The third kappa shape index (κ3) is 2.58. The zero-order valence-corrected chi connectivity index (χ0v) is 13.0. The van der Waals surface area contributed by atoms with Gasteiger partial charge in [0, 0.05) is 11.1 Å². The van der Waals surface area contributed by atoms with E-state index in [4.69, 9.17) is 21.6 Å². The van der Waals surface area contributed by atoms with Gasteiger partial charge in [0.1, 0.15) is 5.52 Å². The monoisotopic (exact) mass is 316 g/mol. The summed E-state index contributed by atoms with van der Waals surface area (Å²) in [5.74, 6) is 0. The Bertz CT molecular complexity index is 967. The average molecular weight is 317 g/mol. The lowest BCUT2D eigenvalue weighted by atomic mass is 10.0. The van der Waals surface area contributed by atoms with E-state index >= 15 is 0 Å². The van der Waals surface area contributed by atoms with Crippen LogP contribution in [0.5, 0.6) is 0 Å². The van der Waals surface area contributed by atoms with Gasteiger partial charge in [-0.15, -0.1) is 0 Å². The maximum absolute atomic E-state index is 6.31. The van der Waals surface area contributed by atoms with E-state index in [1.807, 2.05) is 78.9 Å². The Hall–Kier alpha value is -2.71. The Morgan fingerprint density at radius 3 is 1.74 bits per heavy atom. The van der Waals surface area contributed by atoms with Crippen LogP contribution in [0.15, 0.2) is 78.9 Å². The molecule has 1 heterocycles. The van der Waals surface area contributed by atoms with E-state index in [9.17, 15) is 0 Å². The van der Waals surface area contributed by atoms with Gasteiger partial charge in [-0.2, -0.15) is 0 Å². The van der Waals surface area contributed by atoms with E-state index in [0.29, 0.717) is 5.02 Å². The summed E-state index contributed by atoms with van der Waals surface area (Å²) in [6.07, 6.45) is 0. The molecular weight excluding hydrogens is 304 g/mol. The zero-order valence-electron chi connectivity index (χ0n) is 12.3. The standard InChI is InChI=1S/C20H13ClN2/c21-16-12-7-13-17-20(16)23-19(15-10-5-2-6-11-15)18(22-17)14-8-3-1-4-9-14/h1-13H. The van der Waals surface area contributed by atoms with Crippen molar-refractivity contribution >= 4 is 22.6 Å². The predicted molar refractivity (Wildman–Crippen MR) is 95.4 cm³/mol. The first-order valence-electron chi connectivity index (χ1n) is 7.40. The van der Waals surface area contributed by atoms with Gasteiger partial charge in [-0.05, 0) is 12.1 Å². The molecule has 4 rings (SSSR count). The van der Waals surface area contributed by atoms with Crippen molar-refractivity contribution in [2.24, 2.45) is 0 Å². The summed E-state index contributed by atoms with van der Waals surface area (Å²) in [6.45, 7) is 0. The highest BCUT2D eigenvalue weighted by Crippen LogP contribution is 2.32. The van der Waals surface area contributed by atoms with Crippen molar-refractivity contribution < 1.29 is 0 Å². The molecule has 0 radical (unpaired) electrons. The molecule has 23 heavy (non-hydrogen) atoms. The molecule has 0 aliphatic carbocycles. The van der Waals surface area contributed by atoms with Crippen molar-refractivity contribution in [2.45, 2.75) is 0 Å². The van der Waals surface area contributed by atoms with E-state index in [0.717, 1.165) is 33.5 Å². The van der Waals surface area contributed by atoms with Crippen LogP contribution in [0.2, 0.25) is 5.02 Å². The van der Waals surface area contributed by atoms with Crippen molar-refractivity contribution in [3.63, 3.8) is 0 Å². The molecule has 0 aliphatic heterocycles.